The molecule has 1 aliphatic heterocycles. The molecule has 0 radical (unpaired) electrons. The van der Waals surface area contributed by atoms with E-state index in [4.69, 9.17) is 0 Å². The molecule has 0 bridgehead atoms. The van der Waals surface area contributed by atoms with Gasteiger partial charge in [-0.05, 0) is 37.8 Å². The number of rotatable bonds is 16. The van der Waals surface area contributed by atoms with Crippen LogP contribution in [-0.2, 0) is 13.1 Å². The van der Waals surface area contributed by atoms with E-state index in [2.05, 4.69) is 13.8 Å². The highest BCUT2D eigenvalue weighted by Gasteiger charge is 2.37. The Balaban J connectivity index is 2.08. The fraction of sp³-hybridized carbons (Fsp3) is 0.692. The van der Waals surface area contributed by atoms with E-state index in [-0.39, 0.29) is 11.1 Å². The molecule has 1 aliphatic rings. The van der Waals surface area contributed by atoms with Gasteiger partial charge < -0.3 is 14.7 Å². The molecule has 0 saturated heterocycles. The van der Waals surface area contributed by atoms with Gasteiger partial charge in [0.2, 0.25) is 0 Å². The molecule has 2 N–H and O–H groups in total. The van der Waals surface area contributed by atoms with E-state index in [1.54, 1.807) is 12.1 Å². The topological polar surface area (TPSA) is 74.6 Å². The third-order valence-corrected chi connectivity index (χ3v) is 6.78. The molecule has 2 rings (SSSR count). The Hall–Kier alpha value is -1.88. The van der Waals surface area contributed by atoms with Crippen molar-refractivity contribution in [3.63, 3.8) is 0 Å². The molecule has 0 spiro atoms. The zero-order valence-electron chi connectivity index (χ0n) is 19.6. The molecule has 0 aliphatic carbocycles. The zero-order valence-corrected chi connectivity index (χ0v) is 19.6. The van der Waals surface area contributed by atoms with Crippen molar-refractivity contribution in [1.82, 2.24) is 0 Å². The van der Waals surface area contributed by atoms with Crippen LogP contribution in [-0.4, -0.2) is 39.7 Å². The number of carboxylic acid groups (broad SMARTS) is 2. The van der Waals surface area contributed by atoms with Crippen LogP contribution in [0.2, 0.25) is 0 Å². The van der Waals surface area contributed by atoms with Gasteiger partial charge in [-0.2, -0.15) is 0 Å². The monoisotopic (exact) mass is 432 g/mol. The van der Waals surface area contributed by atoms with Gasteiger partial charge in [-0.15, -0.1) is 0 Å². The van der Waals surface area contributed by atoms with E-state index in [0.717, 1.165) is 41.8 Å². The first-order valence-corrected chi connectivity index (χ1v) is 12.4. The van der Waals surface area contributed by atoms with Gasteiger partial charge in [0.15, 0.2) is 0 Å². The van der Waals surface area contributed by atoms with Gasteiger partial charge in [0, 0.05) is 11.1 Å². The Morgan fingerprint density at radius 2 is 1.03 bits per heavy atom. The lowest BCUT2D eigenvalue weighted by Gasteiger charge is -2.34. The lowest BCUT2D eigenvalue weighted by atomic mass is 10.00. The van der Waals surface area contributed by atoms with Gasteiger partial charge in [0.05, 0.1) is 24.2 Å². The smallest absolute Gasteiger partial charge is 0.336 e. The van der Waals surface area contributed by atoms with Crippen LogP contribution in [0.15, 0.2) is 12.1 Å². The summed E-state index contributed by atoms with van der Waals surface area (Å²) in [6, 6.07) is 3.26. The Bertz CT molecular complexity index is 667. The lowest BCUT2D eigenvalue weighted by molar-refractivity contribution is -0.947. The number of benzene rings is 1. The summed E-state index contributed by atoms with van der Waals surface area (Å²) < 4.78 is 0.957. The van der Waals surface area contributed by atoms with Crippen molar-refractivity contribution in [2.45, 2.75) is 104 Å². The minimum Gasteiger partial charge on any atom is -0.478 e. The standard InChI is InChI=1S/C26H41NO4/c1-3-5-7-9-11-13-15-27(16-14-12-10-8-6-4-2)19-21-17-23(25(28)29)24(26(30)31)18-22(21)20-27/h17-18H,3-16,19-20H2,1-2H3,(H-,28,29,30,31)/p+1. The first-order valence-electron chi connectivity index (χ1n) is 12.4. The van der Waals surface area contributed by atoms with E-state index in [9.17, 15) is 19.8 Å². The number of unbranched alkanes of at least 4 members (excludes halogenated alkanes) is 10. The molecule has 1 aromatic carbocycles. The summed E-state index contributed by atoms with van der Waals surface area (Å²) in [5, 5.41) is 19.0. The third-order valence-electron chi connectivity index (χ3n) is 6.78. The quantitative estimate of drug-likeness (QED) is 0.227. The minimum absolute atomic E-state index is 0.0784. The number of hydrogen-bond acceptors (Lipinski definition) is 2. The van der Waals surface area contributed by atoms with E-state index >= 15 is 0 Å². The molecule has 5 nitrogen and oxygen atoms in total. The van der Waals surface area contributed by atoms with E-state index in [1.165, 1.54) is 77.0 Å². The Morgan fingerprint density at radius 1 is 0.677 bits per heavy atom. The Morgan fingerprint density at radius 3 is 1.39 bits per heavy atom. The van der Waals surface area contributed by atoms with Crippen molar-refractivity contribution >= 4 is 11.9 Å². The minimum atomic E-state index is -1.16. The van der Waals surface area contributed by atoms with Crippen molar-refractivity contribution in [3.8, 4) is 0 Å². The number of quaternary nitrogens is 1. The van der Waals surface area contributed by atoms with Crippen molar-refractivity contribution < 1.29 is 24.3 Å². The first-order chi connectivity index (χ1) is 14.9. The van der Waals surface area contributed by atoms with Crippen LogP contribution in [0.3, 0.4) is 0 Å². The largest absolute Gasteiger partial charge is 0.478 e. The zero-order chi connectivity index (χ0) is 22.7. The second-order valence-electron chi connectivity index (χ2n) is 9.42. The second kappa shape index (κ2) is 12.8. The maximum absolute atomic E-state index is 11.6. The van der Waals surface area contributed by atoms with Gasteiger partial charge in [0.1, 0.15) is 13.1 Å². The highest BCUT2D eigenvalue weighted by molar-refractivity contribution is 6.02. The second-order valence-corrected chi connectivity index (χ2v) is 9.42. The molecule has 174 valence electrons. The molecular weight excluding hydrogens is 390 g/mol. The molecular formula is C26H42NO4+. The average molecular weight is 433 g/mol. The number of carboxylic acids is 2. The van der Waals surface area contributed by atoms with E-state index in [1.807, 2.05) is 0 Å². The predicted octanol–water partition coefficient (Wildman–Crippen LogP) is 6.63. The normalized spacial score (nSPS) is 14.5. The summed E-state index contributed by atoms with van der Waals surface area (Å²) in [4.78, 5) is 23.2. The SMILES string of the molecule is CCCCCCCC[N+]1(CCCCCCCC)Cc2cc(C(=O)O)c(C(=O)O)cc2C1. The van der Waals surface area contributed by atoms with Crippen LogP contribution in [0.25, 0.3) is 0 Å². The van der Waals surface area contributed by atoms with Gasteiger partial charge in [-0.3, -0.25) is 0 Å². The molecule has 0 amide bonds. The van der Waals surface area contributed by atoms with Crippen molar-refractivity contribution in [2.24, 2.45) is 0 Å². The highest BCUT2D eigenvalue weighted by atomic mass is 16.4. The van der Waals surface area contributed by atoms with Gasteiger partial charge in [-0.25, -0.2) is 9.59 Å². The fourth-order valence-corrected chi connectivity index (χ4v) is 5.00. The summed E-state index contributed by atoms with van der Waals surface area (Å²) in [6.07, 6.45) is 15.1. The van der Waals surface area contributed by atoms with Crippen molar-refractivity contribution in [1.29, 1.82) is 0 Å². The van der Waals surface area contributed by atoms with Crippen LogP contribution in [0.4, 0.5) is 0 Å². The van der Waals surface area contributed by atoms with Gasteiger partial charge in [-0.1, -0.05) is 65.2 Å². The van der Waals surface area contributed by atoms with Crippen LogP contribution in [0, 0.1) is 0 Å². The van der Waals surface area contributed by atoms with E-state index in [0.29, 0.717) is 0 Å². The van der Waals surface area contributed by atoms with Crippen LogP contribution in [0.1, 0.15) is 123 Å². The number of hydrogen-bond donors (Lipinski definition) is 2. The number of carbonyl (C=O) groups is 2. The number of fused-ring (bicyclic) bond motifs is 1. The molecule has 31 heavy (non-hydrogen) atoms. The van der Waals surface area contributed by atoms with Crippen LogP contribution in [0.5, 0.6) is 0 Å². The molecule has 0 saturated carbocycles. The van der Waals surface area contributed by atoms with Gasteiger partial charge >= 0.3 is 11.9 Å². The Kier molecular flexibility index (Phi) is 10.5. The number of aromatic carboxylic acids is 2. The summed E-state index contributed by atoms with van der Waals surface area (Å²) in [6.45, 7) is 8.33. The molecule has 0 fully saturated rings. The highest BCUT2D eigenvalue weighted by Crippen LogP contribution is 2.34. The molecule has 0 aromatic heterocycles. The summed E-state index contributed by atoms with van der Waals surface area (Å²) in [5.74, 6) is -2.31. The van der Waals surface area contributed by atoms with Crippen molar-refractivity contribution in [3.05, 3.63) is 34.4 Å². The fourth-order valence-electron chi connectivity index (χ4n) is 5.00. The lowest BCUT2D eigenvalue weighted by Crippen LogP contribution is -2.44. The van der Waals surface area contributed by atoms with E-state index < -0.39 is 11.9 Å². The third kappa shape index (κ3) is 7.64. The van der Waals surface area contributed by atoms with Crippen molar-refractivity contribution in [2.75, 3.05) is 13.1 Å². The predicted molar refractivity (Wildman–Crippen MR) is 125 cm³/mol. The molecule has 1 aromatic rings. The van der Waals surface area contributed by atoms with Crippen LogP contribution >= 0.6 is 0 Å². The molecule has 5 heteroatoms. The maximum atomic E-state index is 11.6. The number of nitrogens with zero attached hydrogens (tertiary/aromatic N) is 1. The molecule has 0 unspecified atom stereocenters. The first kappa shape index (κ1) is 25.4. The van der Waals surface area contributed by atoms with Crippen LogP contribution < -0.4 is 0 Å². The molecule has 1 heterocycles. The Labute approximate surface area is 188 Å². The average Bonchev–Trinajstić information content (AvgIpc) is 3.09. The van der Waals surface area contributed by atoms with Gasteiger partial charge in [0.25, 0.3) is 0 Å². The summed E-state index contributed by atoms with van der Waals surface area (Å²) >= 11 is 0. The summed E-state index contributed by atoms with van der Waals surface area (Å²) in [7, 11) is 0. The summed E-state index contributed by atoms with van der Waals surface area (Å²) in [5.41, 5.74) is 1.90. The molecule has 0 atom stereocenters. The maximum Gasteiger partial charge on any atom is 0.336 e.